The molecule has 1 unspecified atom stereocenters. The number of ketones is 1. The van der Waals surface area contributed by atoms with Gasteiger partial charge in [0, 0.05) is 5.56 Å². The lowest BCUT2D eigenvalue weighted by atomic mass is 10.0. The number of carbonyl (C=O) groups is 1. The number of benzene rings is 1. The van der Waals surface area contributed by atoms with Crippen molar-refractivity contribution in [3.05, 3.63) is 23.8 Å². The number of methoxy groups -OCH3 is 2. The fraction of sp³-hybridized carbons (Fsp3) is 0.500. The number of carbonyl (C=O) groups excluding carboxylic acids is 1. The molecule has 0 bridgehead atoms. The smallest absolute Gasteiger partial charge is 0.175 e. The lowest BCUT2D eigenvalue weighted by molar-refractivity contribution is 0.0984. The van der Waals surface area contributed by atoms with Gasteiger partial charge in [-0.05, 0) is 36.8 Å². The summed E-state index contributed by atoms with van der Waals surface area (Å²) in [7, 11) is 3.18. The Bertz CT molecular complexity index is 425. The number of hydrogen-bond acceptors (Lipinski definition) is 4. The number of ether oxygens (including phenoxy) is 2. The normalized spacial score (nSPS) is 19.3. The van der Waals surface area contributed by atoms with Crippen molar-refractivity contribution in [1.82, 2.24) is 0 Å². The van der Waals surface area contributed by atoms with Crippen molar-refractivity contribution in [2.75, 3.05) is 20.0 Å². The predicted molar refractivity (Wildman–Crippen MR) is 74.0 cm³/mol. The average Bonchev–Trinajstić information content (AvgIpc) is 2.46. The van der Waals surface area contributed by atoms with Crippen LogP contribution in [0.1, 0.15) is 29.6 Å². The first-order valence-corrected chi connectivity index (χ1v) is 7.19. The Morgan fingerprint density at radius 1 is 1.22 bits per heavy atom. The molecule has 0 amide bonds. The van der Waals surface area contributed by atoms with Gasteiger partial charge in [-0.25, -0.2) is 0 Å². The summed E-state index contributed by atoms with van der Waals surface area (Å²) in [6.07, 6.45) is 3.36. The van der Waals surface area contributed by atoms with E-state index in [1.165, 1.54) is 6.42 Å². The van der Waals surface area contributed by atoms with E-state index < -0.39 is 0 Å². The summed E-state index contributed by atoms with van der Waals surface area (Å²) in [5.41, 5.74) is 0.715. The molecular formula is C14H18O3S. The van der Waals surface area contributed by atoms with Crippen LogP contribution in [0.3, 0.4) is 0 Å². The second-order valence-electron chi connectivity index (χ2n) is 4.29. The summed E-state index contributed by atoms with van der Waals surface area (Å²) in [5.74, 6) is 2.57. The SMILES string of the molecule is COc1ccc(C(=O)C2CCCCS2)cc1OC. The zero-order chi connectivity index (χ0) is 13.0. The Kier molecular flexibility index (Phi) is 4.53. The van der Waals surface area contributed by atoms with Gasteiger partial charge in [-0.3, -0.25) is 4.79 Å². The van der Waals surface area contributed by atoms with Gasteiger partial charge in [-0.2, -0.15) is 11.8 Å². The quantitative estimate of drug-likeness (QED) is 0.784. The summed E-state index contributed by atoms with van der Waals surface area (Å²) >= 11 is 1.77. The summed E-state index contributed by atoms with van der Waals surface area (Å²) in [5, 5.41) is 0.108. The monoisotopic (exact) mass is 266 g/mol. The molecule has 1 aromatic rings. The number of rotatable bonds is 4. The van der Waals surface area contributed by atoms with Crippen LogP contribution in [0.25, 0.3) is 0 Å². The number of thioether (sulfide) groups is 1. The van der Waals surface area contributed by atoms with Gasteiger partial charge in [0.2, 0.25) is 0 Å². The second-order valence-corrected chi connectivity index (χ2v) is 5.60. The Labute approximate surface area is 112 Å². The van der Waals surface area contributed by atoms with Crippen LogP contribution < -0.4 is 9.47 Å². The predicted octanol–water partition coefficient (Wildman–Crippen LogP) is 3.17. The molecule has 0 spiro atoms. The van der Waals surface area contributed by atoms with Crippen LogP contribution in [-0.2, 0) is 0 Å². The van der Waals surface area contributed by atoms with Gasteiger partial charge in [0.05, 0.1) is 19.5 Å². The van der Waals surface area contributed by atoms with Crippen LogP contribution in [-0.4, -0.2) is 31.0 Å². The molecule has 1 aliphatic rings. The van der Waals surface area contributed by atoms with E-state index in [9.17, 15) is 4.79 Å². The summed E-state index contributed by atoms with van der Waals surface area (Å²) in [6, 6.07) is 5.38. The molecule has 1 saturated heterocycles. The minimum atomic E-state index is 0.108. The summed E-state index contributed by atoms with van der Waals surface area (Å²) in [4.78, 5) is 12.4. The van der Waals surface area contributed by atoms with E-state index in [4.69, 9.17) is 9.47 Å². The van der Waals surface area contributed by atoms with E-state index in [0.29, 0.717) is 17.1 Å². The molecule has 1 heterocycles. The minimum Gasteiger partial charge on any atom is -0.493 e. The number of Topliss-reactive ketones (excluding diaryl/α,β-unsaturated/α-hetero) is 1. The molecular weight excluding hydrogens is 248 g/mol. The zero-order valence-corrected chi connectivity index (χ0v) is 11.6. The lowest BCUT2D eigenvalue weighted by Gasteiger charge is -2.20. The fourth-order valence-electron chi connectivity index (χ4n) is 2.12. The van der Waals surface area contributed by atoms with Crippen LogP contribution in [0.4, 0.5) is 0 Å². The van der Waals surface area contributed by atoms with E-state index in [2.05, 4.69) is 0 Å². The van der Waals surface area contributed by atoms with Gasteiger partial charge in [-0.1, -0.05) is 6.42 Å². The topological polar surface area (TPSA) is 35.5 Å². The van der Waals surface area contributed by atoms with Crippen molar-refractivity contribution >= 4 is 17.5 Å². The van der Waals surface area contributed by atoms with Crippen LogP contribution in [0.15, 0.2) is 18.2 Å². The van der Waals surface area contributed by atoms with E-state index in [1.54, 1.807) is 38.1 Å². The Morgan fingerprint density at radius 2 is 2.00 bits per heavy atom. The van der Waals surface area contributed by atoms with Gasteiger partial charge in [0.1, 0.15) is 0 Å². The zero-order valence-electron chi connectivity index (χ0n) is 10.8. The molecule has 0 N–H and O–H groups in total. The van der Waals surface area contributed by atoms with Crippen LogP contribution >= 0.6 is 11.8 Å². The molecule has 18 heavy (non-hydrogen) atoms. The van der Waals surface area contributed by atoms with E-state index in [1.807, 2.05) is 6.07 Å². The third-order valence-electron chi connectivity index (χ3n) is 3.14. The van der Waals surface area contributed by atoms with Crippen molar-refractivity contribution < 1.29 is 14.3 Å². The molecule has 1 aliphatic heterocycles. The molecule has 2 rings (SSSR count). The first-order chi connectivity index (χ1) is 8.76. The van der Waals surface area contributed by atoms with Crippen molar-refractivity contribution in [1.29, 1.82) is 0 Å². The van der Waals surface area contributed by atoms with Gasteiger partial charge in [-0.15, -0.1) is 0 Å². The largest absolute Gasteiger partial charge is 0.493 e. The van der Waals surface area contributed by atoms with Crippen LogP contribution in [0, 0.1) is 0 Å². The highest BCUT2D eigenvalue weighted by molar-refractivity contribution is 8.00. The highest BCUT2D eigenvalue weighted by Gasteiger charge is 2.23. The maximum Gasteiger partial charge on any atom is 0.175 e. The summed E-state index contributed by atoms with van der Waals surface area (Å²) < 4.78 is 10.4. The van der Waals surface area contributed by atoms with E-state index >= 15 is 0 Å². The van der Waals surface area contributed by atoms with Crippen molar-refractivity contribution in [2.45, 2.75) is 24.5 Å². The van der Waals surface area contributed by atoms with Crippen LogP contribution in [0.5, 0.6) is 11.5 Å². The Morgan fingerprint density at radius 3 is 2.61 bits per heavy atom. The van der Waals surface area contributed by atoms with Crippen molar-refractivity contribution in [2.24, 2.45) is 0 Å². The average molecular weight is 266 g/mol. The van der Waals surface area contributed by atoms with E-state index in [0.717, 1.165) is 18.6 Å². The molecule has 1 atom stereocenters. The van der Waals surface area contributed by atoms with Gasteiger partial charge in [0.25, 0.3) is 0 Å². The second kappa shape index (κ2) is 6.14. The first kappa shape index (κ1) is 13.3. The molecule has 3 nitrogen and oxygen atoms in total. The maximum atomic E-state index is 12.4. The third kappa shape index (κ3) is 2.80. The highest BCUT2D eigenvalue weighted by atomic mass is 32.2. The molecule has 1 fully saturated rings. The molecule has 0 aliphatic carbocycles. The molecule has 98 valence electrons. The Hall–Kier alpha value is -1.16. The third-order valence-corrected chi connectivity index (χ3v) is 4.52. The molecule has 4 heteroatoms. The van der Waals surface area contributed by atoms with Gasteiger partial charge >= 0.3 is 0 Å². The minimum absolute atomic E-state index is 0.108. The highest BCUT2D eigenvalue weighted by Crippen LogP contribution is 2.32. The van der Waals surface area contributed by atoms with Crippen molar-refractivity contribution in [3.63, 3.8) is 0 Å². The Balaban J connectivity index is 2.19. The molecule has 0 saturated carbocycles. The maximum absolute atomic E-state index is 12.4. The molecule has 0 radical (unpaired) electrons. The summed E-state index contributed by atoms with van der Waals surface area (Å²) in [6.45, 7) is 0. The van der Waals surface area contributed by atoms with E-state index in [-0.39, 0.29) is 11.0 Å². The van der Waals surface area contributed by atoms with Crippen molar-refractivity contribution in [3.8, 4) is 11.5 Å². The fourth-order valence-corrected chi connectivity index (χ4v) is 3.40. The van der Waals surface area contributed by atoms with Gasteiger partial charge < -0.3 is 9.47 Å². The molecule has 0 aromatic heterocycles. The standard InChI is InChI=1S/C14H18O3S/c1-16-11-7-6-10(9-12(11)17-2)14(15)13-5-3-4-8-18-13/h6-7,9,13H,3-5,8H2,1-2H3. The van der Waals surface area contributed by atoms with Gasteiger partial charge in [0.15, 0.2) is 17.3 Å². The lowest BCUT2D eigenvalue weighted by Crippen LogP contribution is -2.21. The van der Waals surface area contributed by atoms with Crippen LogP contribution in [0.2, 0.25) is 0 Å². The number of hydrogen-bond donors (Lipinski definition) is 0. The first-order valence-electron chi connectivity index (χ1n) is 6.14. The molecule has 1 aromatic carbocycles.